The molecule has 0 saturated heterocycles. The summed E-state index contributed by atoms with van der Waals surface area (Å²) in [6, 6.07) is 24.2. The summed E-state index contributed by atoms with van der Waals surface area (Å²) in [5.41, 5.74) is -1.49. The minimum atomic E-state index is -2.43. The van der Waals surface area contributed by atoms with Crippen LogP contribution >= 0.6 is 0 Å². The molecule has 62 heavy (non-hydrogen) atoms. The fraction of sp³-hybridized carbons (Fsp3) is 0.200. The lowest BCUT2D eigenvalue weighted by Crippen LogP contribution is -2.25. The number of likely N-dealkylation sites (N-methyl/N-ethyl adjacent to an activating group) is 1. The van der Waals surface area contributed by atoms with Gasteiger partial charge in [-0.3, -0.25) is 0 Å². The van der Waals surface area contributed by atoms with E-state index in [4.69, 9.17) is 9.47 Å². The molecule has 0 aliphatic carbocycles. The van der Waals surface area contributed by atoms with Crippen LogP contribution in [0, 0.1) is 46.5 Å². The zero-order valence-corrected chi connectivity index (χ0v) is 33.5. The molecule has 9 nitrogen and oxygen atoms in total. The molecule has 6 aromatic carbocycles. The van der Waals surface area contributed by atoms with Gasteiger partial charge in [-0.1, -0.05) is 31.2 Å². The fourth-order valence-corrected chi connectivity index (χ4v) is 6.35. The van der Waals surface area contributed by atoms with E-state index in [2.05, 4.69) is 25.4 Å². The van der Waals surface area contributed by atoms with Gasteiger partial charge in [0.05, 0.1) is 34.8 Å². The van der Waals surface area contributed by atoms with Gasteiger partial charge in [0, 0.05) is 31.9 Å². The second-order valence-corrected chi connectivity index (χ2v) is 13.4. The lowest BCUT2D eigenvalue weighted by Gasteiger charge is -2.23. The maximum Gasteiger partial charge on any atom is 0.205 e. The molecule has 6 aromatic rings. The van der Waals surface area contributed by atoms with Crippen LogP contribution in [-0.2, 0) is 0 Å². The Morgan fingerprint density at radius 3 is 1.47 bits per heavy atom. The van der Waals surface area contributed by atoms with Crippen molar-refractivity contribution < 1.29 is 49.7 Å². The number of anilines is 2. The highest BCUT2D eigenvalue weighted by Gasteiger charge is 2.36. The number of para-hydroxylation sites is 2. The zero-order chi connectivity index (χ0) is 44.5. The number of nitrogens with zero attached hydrogens (tertiary/aromatic N) is 6. The smallest absolute Gasteiger partial charge is 0.205 e. The molecular formula is C45H38F8N6O3. The monoisotopic (exact) mass is 862 g/mol. The fourth-order valence-electron chi connectivity index (χ4n) is 6.35. The number of rotatable bonds is 17. The molecule has 0 aliphatic rings. The van der Waals surface area contributed by atoms with E-state index in [9.17, 15) is 5.11 Å². The number of azo groups is 2. The van der Waals surface area contributed by atoms with Gasteiger partial charge in [0.2, 0.25) is 34.8 Å². The van der Waals surface area contributed by atoms with Crippen molar-refractivity contribution in [3.05, 3.63) is 144 Å². The highest BCUT2D eigenvalue weighted by Crippen LogP contribution is 2.44. The summed E-state index contributed by atoms with van der Waals surface area (Å²) in [6.07, 6.45) is 0.905. The number of ether oxygens (including phenoxy) is 2. The van der Waals surface area contributed by atoms with Gasteiger partial charge >= 0.3 is 0 Å². The summed E-state index contributed by atoms with van der Waals surface area (Å²) >= 11 is 0. The Labute approximate surface area is 351 Å². The Morgan fingerprint density at radius 1 is 0.484 bits per heavy atom. The Kier molecular flexibility index (Phi) is 14.5. The topological polar surface area (TPSA) is 94.6 Å². The van der Waals surface area contributed by atoms with Crippen molar-refractivity contribution in [2.24, 2.45) is 20.5 Å². The van der Waals surface area contributed by atoms with Crippen LogP contribution in [0.2, 0.25) is 0 Å². The molecule has 0 bridgehead atoms. The summed E-state index contributed by atoms with van der Waals surface area (Å²) < 4.78 is 134. The first-order valence-electron chi connectivity index (χ1n) is 19.3. The average molecular weight is 863 g/mol. The highest BCUT2D eigenvalue weighted by molar-refractivity contribution is 5.70. The van der Waals surface area contributed by atoms with Crippen LogP contribution < -0.4 is 19.3 Å². The predicted octanol–water partition coefficient (Wildman–Crippen LogP) is 13.9. The van der Waals surface area contributed by atoms with Crippen LogP contribution in [0.4, 0.5) is 69.2 Å². The van der Waals surface area contributed by atoms with Gasteiger partial charge in [0.15, 0.2) is 29.0 Å². The van der Waals surface area contributed by atoms with Gasteiger partial charge in [-0.2, -0.15) is 27.8 Å². The van der Waals surface area contributed by atoms with Crippen molar-refractivity contribution in [2.45, 2.75) is 27.2 Å². The van der Waals surface area contributed by atoms with Gasteiger partial charge in [-0.05, 0) is 93.1 Å². The maximum atomic E-state index is 15.6. The number of hydrogen-bond donors (Lipinski definition) is 1. The molecule has 0 spiro atoms. The largest absolute Gasteiger partial charge is 0.451 e. The SMILES string of the molecule is CCCN(CC)c1ccccc1N=Nc1ccc(Oc2c(F)c(F)c(-c3c(F)c(F)c(Oc4ccccc4N=Nc4ccc(N(CC)CCO)cc4)c(F)c3F)c(F)c2F)cc1. The minimum absolute atomic E-state index is 0.0571. The summed E-state index contributed by atoms with van der Waals surface area (Å²) in [6.45, 7) is 8.45. The van der Waals surface area contributed by atoms with Crippen molar-refractivity contribution in [2.75, 3.05) is 42.6 Å². The summed E-state index contributed by atoms with van der Waals surface area (Å²) in [5.74, 6) is -22.9. The molecule has 0 saturated carbocycles. The van der Waals surface area contributed by atoms with Gasteiger partial charge < -0.3 is 24.4 Å². The molecule has 17 heteroatoms. The Hall–Kier alpha value is -6.88. The Bertz CT molecular complexity index is 2540. The number of halogens is 8. The van der Waals surface area contributed by atoms with E-state index in [1.807, 2.05) is 37.8 Å². The normalized spacial score (nSPS) is 11.5. The third-order valence-electron chi connectivity index (χ3n) is 9.44. The number of aliphatic hydroxyl groups excluding tert-OH is 1. The van der Waals surface area contributed by atoms with E-state index in [0.29, 0.717) is 24.5 Å². The van der Waals surface area contributed by atoms with Crippen molar-refractivity contribution in [1.29, 1.82) is 0 Å². The van der Waals surface area contributed by atoms with Crippen LogP contribution in [-0.4, -0.2) is 37.9 Å². The van der Waals surface area contributed by atoms with Crippen LogP contribution in [0.3, 0.4) is 0 Å². The van der Waals surface area contributed by atoms with E-state index in [1.54, 1.807) is 36.4 Å². The number of aliphatic hydroxyl groups is 1. The van der Waals surface area contributed by atoms with Crippen LogP contribution in [0.15, 0.2) is 118 Å². The average Bonchev–Trinajstić information content (AvgIpc) is 3.29. The maximum absolute atomic E-state index is 15.6. The van der Waals surface area contributed by atoms with Gasteiger partial charge in [-0.15, -0.1) is 10.2 Å². The molecule has 6 rings (SSSR count). The van der Waals surface area contributed by atoms with Crippen molar-refractivity contribution in [3.63, 3.8) is 0 Å². The highest BCUT2D eigenvalue weighted by atomic mass is 19.2. The first-order valence-corrected chi connectivity index (χ1v) is 19.3. The van der Waals surface area contributed by atoms with E-state index >= 15 is 35.1 Å². The quantitative estimate of drug-likeness (QED) is 0.0560. The summed E-state index contributed by atoms with van der Waals surface area (Å²) in [7, 11) is 0. The molecule has 1 N–H and O–H groups in total. The van der Waals surface area contributed by atoms with Crippen LogP contribution in [0.1, 0.15) is 27.2 Å². The standard InChI is InChI=1S/C45H38F8N6O3/c1-4-23-59(6-3)32-13-9-7-11-30(32)56-54-27-17-21-29(22-18-27)61-44-40(50)36(46)34(37(47)41(44)51)35-38(48)42(52)45(43(53)39(35)49)62-33-14-10-8-12-31(33)57-55-26-15-19-28(20-16-26)58(5-2)24-25-60/h7-22,60H,4-6,23-25H2,1-3H3. The molecule has 0 aromatic heterocycles. The van der Waals surface area contributed by atoms with Crippen LogP contribution in [0.25, 0.3) is 11.1 Å². The lowest BCUT2D eigenvalue weighted by atomic mass is 10.0. The van der Waals surface area contributed by atoms with Crippen molar-refractivity contribution >= 4 is 34.1 Å². The van der Waals surface area contributed by atoms with E-state index < -0.39 is 74.9 Å². The molecular weight excluding hydrogens is 825 g/mol. The number of benzene rings is 6. The third-order valence-corrected chi connectivity index (χ3v) is 9.44. The zero-order valence-electron chi connectivity index (χ0n) is 33.5. The van der Waals surface area contributed by atoms with Crippen LogP contribution in [0.5, 0.6) is 23.0 Å². The van der Waals surface area contributed by atoms with Crippen molar-refractivity contribution in [1.82, 2.24) is 0 Å². The van der Waals surface area contributed by atoms with Gasteiger partial charge in [0.1, 0.15) is 17.1 Å². The molecule has 0 fully saturated rings. The summed E-state index contributed by atoms with van der Waals surface area (Å²) in [5, 5.41) is 25.8. The molecule has 0 radical (unpaired) electrons. The van der Waals surface area contributed by atoms with Gasteiger partial charge in [0.25, 0.3) is 0 Å². The van der Waals surface area contributed by atoms with Gasteiger partial charge in [-0.25, -0.2) is 17.6 Å². The molecule has 0 atom stereocenters. The first-order chi connectivity index (χ1) is 29.9. The second kappa shape index (κ2) is 20.1. The molecule has 322 valence electrons. The molecule has 0 amide bonds. The predicted molar refractivity (Wildman–Crippen MR) is 219 cm³/mol. The molecule has 0 aliphatic heterocycles. The molecule has 0 unspecified atom stereocenters. The first kappa shape index (κ1) is 44.7. The minimum Gasteiger partial charge on any atom is -0.451 e. The van der Waals surface area contributed by atoms with E-state index in [1.165, 1.54) is 42.5 Å². The molecule has 0 heterocycles. The lowest BCUT2D eigenvalue weighted by molar-refractivity contribution is 0.302. The van der Waals surface area contributed by atoms with Crippen molar-refractivity contribution in [3.8, 4) is 34.1 Å². The summed E-state index contributed by atoms with van der Waals surface area (Å²) in [4.78, 5) is 4.03. The second-order valence-electron chi connectivity index (χ2n) is 13.4. The Morgan fingerprint density at radius 2 is 0.952 bits per heavy atom. The van der Waals surface area contributed by atoms with E-state index in [0.717, 1.165) is 37.0 Å². The Balaban J connectivity index is 1.24. The third kappa shape index (κ3) is 9.52. The number of hydrogen-bond acceptors (Lipinski definition) is 9. The van der Waals surface area contributed by atoms with E-state index in [-0.39, 0.29) is 23.7 Å².